The van der Waals surface area contributed by atoms with Crippen molar-refractivity contribution in [3.8, 4) is 28.5 Å². The molecular formula is C49H60F2N14O5. The number of imide groups is 1. The summed E-state index contributed by atoms with van der Waals surface area (Å²) in [7, 11) is 0. The third kappa shape index (κ3) is 9.12. The highest BCUT2D eigenvalue weighted by atomic mass is 19.1. The quantitative estimate of drug-likeness (QED) is 0.133. The zero-order chi connectivity index (χ0) is 48.5. The van der Waals surface area contributed by atoms with Gasteiger partial charge in [-0.25, -0.2) is 33.4 Å². The summed E-state index contributed by atoms with van der Waals surface area (Å²) in [5, 5.41) is 15.2. The Labute approximate surface area is 403 Å². The number of piperazine rings is 1. The Hall–Kier alpha value is -6.35. The second-order valence-electron chi connectivity index (χ2n) is 21.3. The monoisotopic (exact) mass is 962 g/mol. The topological polar surface area (TPSA) is 219 Å². The zero-order valence-corrected chi connectivity index (χ0v) is 39.9. The number of carbonyl (C=O) groups is 3. The number of nitrogens with two attached hydrogens (primary N) is 1. The standard InChI is InChI=1S/C49H60F2N14O5/c1-48(2,3)65-46-39(44(52)55-27-56-46)40(59-65)41-38(43(70-60-41)29-4-5-29)45-53-22-32(23-54-45)69-31-20-49(21-31)25-64(26-49)37(67)10-13-61-11-8-28(9-12-61)24-62-14-16-63(17-15-62)42-33(50)18-30(19-34(42)51)57-35-6-7-36(66)58-47(35)68/h18-19,22-23,27-29,31,35,57H,4-17,20-21,24-26H2,1-3H3,(H2,52,55,56)(H,58,66,68). The zero-order valence-electron chi connectivity index (χ0n) is 39.9. The number of aromatic nitrogens is 7. The first-order valence-corrected chi connectivity index (χ1v) is 24.7. The molecule has 21 heteroatoms. The fourth-order valence-electron chi connectivity index (χ4n) is 11.1. The molecule has 1 unspecified atom stereocenters. The number of halogens is 2. The fraction of sp³-hybridized carbons (Fsp3) is 0.571. The van der Waals surface area contributed by atoms with Gasteiger partial charge in [-0.2, -0.15) is 5.10 Å². The first-order chi connectivity index (χ1) is 33.7. The molecule has 8 heterocycles. The van der Waals surface area contributed by atoms with Crippen LogP contribution in [0.4, 0.5) is 26.0 Å². The second kappa shape index (κ2) is 18.1. The lowest BCUT2D eigenvalue weighted by molar-refractivity contribution is -0.160. The van der Waals surface area contributed by atoms with Crippen LogP contribution in [0.1, 0.15) is 90.2 Å². The first kappa shape index (κ1) is 46.1. The molecule has 6 aliphatic rings. The van der Waals surface area contributed by atoms with Crippen molar-refractivity contribution in [3.05, 3.63) is 48.2 Å². The van der Waals surface area contributed by atoms with E-state index in [1.54, 1.807) is 17.3 Å². The normalized spacial score (nSPS) is 21.5. The van der Waals surface area contributed by atoms with E-state index in [1.165, 1.54) is 18.5 Å². The van der Waals surface area contributed by atoms with Crippen molar-refractivity contribution in [2.24, 2.45) is 11.3 Å². The van der Waals surface area contributed by atoms with Gasteiger partial charge in [0.25, 0.3) is 0 Å². The third-order valence-electron chi connectivity index (χ3n) is 15.1. The molecule has 0 bridgehead atoms. The number of anilines is 3. The molecule has 4 aromatic heterocycles. The van der Waals surface area contributed by atoms with Crippen LogP contribution in [0.2, 0.25) is 0 Å². The van der Waals surface area contributed by atoms with Gasteiger partial charge in [0, 0.05) is 82.2 Å². The number of amides is 3. The molecule has 0 radical (unpaired) electrons. The predicted octanol–water partition coefficient (Wildman–Crippen LogP) is 4.94. The summed E-state index contributed by atoms with van der Waals surface area (Å²) in [6.45, 7) is 13.7. The van der Waals surface area contributed by atoms with Gasteiger partial charge in [0.2, 0.25) is 17.7 Å². The summed E-state index contributed by atoms with van der Waals surface area (Å²) < 4.78 is 44.6. The molecule has 5 aromatic rings. The second-order valence-corrected chi connectivity index (χ2v) is 21.3. The van der Waals surface area contributed by atoms with Crippen molar-refractivity contribution >= 4 is 45.9 Å². The van der Waals surface area contributed by atoms with E-state index in [4.69, 9.17) is 30.1 Å². The number of ether oxygens (including phenoxy) is 1. The van der Waals surface area contributed by atoms with E-state index >= 15 is 8.78 Å². The van der Waals surface area contributed by atoms with Crippen molar-refractivity contribution < 1.29 is 32.4 Å². The molecule has 19 nitrogen and oxygen atoms in total. The highest BCUT2D eigenvalue weighted by molar-refractivity contribution is 6.02. The molecule has 4 saturated heterocycles. The van der Waals surface area contributed by atoms with Gasteiger partial charge >= 0.3 is 0 Å². The molecule has 4 aliphatic heterocycles. The minimum absolute atomic E-state index is 0.0295. The minimum atomic E-state index is -0.722. The van der Waals surface area contributed by atoms with Crippen molar-refractivity contribution in [1.82, 2.24) is 54.9 Å². The average Bonchev–Trinajstić information content (AvgIpc) is 3.92. The van der Waals surface area contributed by atoms with Gasteiger partial charge in [0.15, 0.2) is 34.6 Å². The molecule has 3 amide bonds. The van der Waals surface area contributed by atoms with E-state index in [0.29, 0.717) is 83.9 Å². The molecule has 4 N–H and O–H groups in total. The van der Waals surface area contributed by atoms with Crippen LogP contribution in [0, 0.1) is 23.0 Å². The van der Waals surface area contributed by atoms with Gasteiger partial charge in [-0.3, -0.25) is 24.6 Å². The molecule has 2 aliphatic carbocycles. The average molecular weight is 963 g/mol. The van der Waals surface area contributed by atoms with E-state index in [1.807, 2.05) is 30.4 Å². The number of nitrogen functional groups attached to an aromatic ring is 1. The number of nitrogens with one attached hydrogen (secondary N) is 2. The van der Waals surface area contributed by atoms with Crippen LogP contribution in [0.25, 0.3) is 33.8 Å². The molecule has 11 rings (SSSR count). The Morgan fingerprint density at radius 1 is 0.929 bits per heavy atom. The summed E-state index contributed by atoms with van der Waals surface area (Å²) in [6.07, 6.45) is 11.7. The van der Waals surface area contributed by atoms with Gasteiger partial charge in [0.1, 0.15) is 41.4 Å². The van der Waals surface area contributed by atoms with Crippen molar-refractivity contribution in [2.75, 3.05) is 81.4 Å². The Bertz CT molecular complexity index is 2770. The smallest absolute Gasteiger partial charge is 0.249 e. The number of nitrogens with zero attached hydrogens (tertiary/aromatic N) is 11. The molecule has 70 heavy (non-hydrogen) atoms. The Morgan fingerprint density at radius 3 is 2.31 bits per heavy atom. The summed E-state index contributed by atoms with van der Waals surface area (Å²) >= 11 is 0. The molecule has 370 valence electrons. The van der Waals surface area contributed by atoms with Gasteiger partial charge < -0.3 is 35.0 Å². The number of fused-ring (bicyclic) bond motifs is 1. The first-order valence-electron chi connectivity index (χ1n) is 24.7. The molecule has 1 aromatic carbocycles. The van der Waals surface area contributed by atoms with E-state index in [-0.39, 0.29) is 59.0 Å². The summed E-state index contributed by atoms with van der Waals surface area (Å²) in [4.78, 5) is 63.6. The molecule has 2 saturated carbocycles. The lowest BCUT2D eigenvalue weighted by Gasteiger charge is -2.58. The van der Waals surface area contributed by atoms with E-state index < -0.39 is 23.6 Å². The van der Waals surface area contributed by atoms with Crippen LogP contribution in [0.15, 0.2) is 35.4 Å². The van der Waals surface area contributed by atoms with Crippen molar-refractivity contribution in [1.29, 1.82) is 0 Å². The van der Waals surface area contributed by atoms with Gasteiger partial charge in [0.05, 0.1) is 28.9 Å². The lowest BCUT2D eigenvalue weighted by Crippen LogP contribution is -2.66. The molecule has 6 fully saturated rings. The summed E-state index contributed by atoms with van der Waals surface area (Å²) in [5.41, 5.74) is 8.59. The van der Waals surface area contributed by atoms with Crippen LogP contribution in [-0.4, -0.2) is 145 Å². The van der Waals surface area contributed by atoms with Crippen LogP contribution >= 0.6 is 0 Å². The number of rotatable bonds is 13. The number of benzene rings is 1. The highest BCUT2D eigenvalue weighted by Crippen LogP contribution is 2.51. The maximum absolute atomic E-state index is 15.3. The molecular weight excluding hydrogens is 903 g/mol. The van der Waals surface area contributed by atoms with Crippen molar-refractivity contribution in [3.63, 3.8) is 0 Å². The number of hydrogen-bond donors (Lipinski definition) is 3. The molecule has 1 atom stereocenters. The van der Waals surface area contributed by atoms with Crippen LogP contribution in [0.5, 0.6) is 5.75 Å². The van der Waals surface area contributed by atoms with Crippen LogP contribution < -0.4 is 26.0 Å². The number of piperidine rings is 2. The maximum atomic E-state index is 15.3. The highest BCUT2D eigenvalue weighted by Gasteiger charge is 2.54. The number of hydrogen-bond acceptors (Lipinski definition) is 16. The third-order valence-corrected chi connectivity index (χ3v) is 15.1. The van der Waals surface area contributed by atoms with Crippen LogP contribution in [-0.2, 0) is 19.9 Å². The van der Waals surface area contributed by atoms with E-state index in [2.05, 4.69) is 35.6 Å². The van der Waals surface area contributed by atoms with Gasteiger partial charge in [-0.15, -0.1) is 0 Å². The predicted molar refractivity (Wildman–Crippen MR) is 254 cm³/mol. The minimum Gasteiger partial charge on any atom is -0.487 e. The van der Waals surface area contributed by atoms with Gasteiger partial charge in [-0.1, -0.05) is 5.16 Å². The molecule has 1 spiro atoms. The van der Waals surface area contributed by atoms with E-state index in [9.17, 15) is 14.4 Å². The Morgan fingerprint density at radius 2 is 1.64 bits per heavy atom. The van der Waals surface area contributed by atoms with Gasteiger partial charge in [-0.05, 0) is 96.9 Å². The number of carbonyl (C=O) groups excluding carboxylic acids is 3. The summed E-state index contributed by atoms with van der Waals surface area (Å²) in [6, 6.07) is 1.72. The summed E-state index contributed by atoms with van der Waals surface area (Å²) in [5.74, 6) is 0.867. The lowest BCUT2D eigenvalue weighted by atomic mass is 9.61. The maximum Gasteiger partial charge on any atom is 0.249 e. The fourth-order valence-corrected chi connectivity index (χ4v) is 11.1. The van der Waals surface area contributed by atoms with Crippen molar-refractivity contribution in [2.45, 2.75) is 102 Å². The largest absolute Gasteiger partial charge is 0.487 e. The number of likely N-dealkylation sites (tertiary alicyclic amines) is 2. The Kier molecular flexibility index (Phi) is 11.9. The van der Waals surface area contributed by atoms with Crippen LogP contribution in [0.3, 0.4) is 0 Å². The SMILES string of the molecule is CC(C)(C)n1nc(-c2noc(C3CC3)c2-c2ncc(OC3CC4(C3)CN(C(=O)CCN3CCC(CN5CCN(c6c(F)cc(NC7CCC(=O)NC7=O)cc6F)CC5)CC3)C4)cn2)c2c(N)ncnc21. The van der Waals surface area contributed by atoms with E-state index in [0.717, 1.165) is 83.6 Å². The Balaban J connectivity index is 0.604.